The van der Waals surface area contributed by atoms with Gasteiger partial charge >= 0.3 is 0 Å². The van der Waals surface area contributed by atoms with Gasteiger partial charge in [-0.25, -0.2) is 8.78 Å². The summed E-state index contributed by atoms with van der Waals surface area (Å²) in [6.07, 6.45) is -1.49. The summed E-state index contributed by atoms with van der Waals surface area (Å²) >= 11 is 9.91. The Kier molecular flexibility index (Phi) is 4.20. The highest BCUT2D eigenvalue weighted by atomic mass is 127. The van der Waals surface area contributed by atoms with E-state index in [1.165, 1.54) is 6.20 Å². The summed E-state index contributed by atoms with van der Waals surface area (Å²) in [5, 5.41) is -0.989. The minimum atomic E-state index is -2.79. The summed E-state index contributed by atoms with van der Waals surface area (Å²) in [6, 6.07) is 0. The molecule has 0 N–H and O–H groups in total. The zero-order chi connectivity index (χ0) is 10.9. The molecule has 76 valence electrons. The fourth-order valence-electron chi connectivity index (χ4n) is 0.836. The van der Waals surface area contributed by atoms with Crippen molar-refractivity contribution in [3.8, 4) is 0 Å². The van der Waals surface area contributed by atoms with E-state index >= 15 is 0 Å². The van der Waals surface area contributed by atoms with Crippen LogP contribution in [-0.2, 0) is 0 Å². The predicted octanol–water partition coefficient (Wildman–Crippen LogP) is 3.77. The molecule has 0 fully saturated rings. The molecule has 0 aliphatic carbocycles. The van der Waals surface area contributed by atoms with Gasteiger partial charge in [-0.05, 0) is 50.1 Å². The van der Waals surface area contributed by atoms with Gasteiger partial charge in [0, 0.05) is 14.2 Å². The smallest absolute Gasteiger partial charge is 0.271 e. The second-order valence-electron chi connectivity index (χ2n) is 2.26. The second kappa shape index (κ2) is 4.80. The molecule has 0 aliphatic heterocycles. The molecule has 0 atom stereocenters. The number of halogens is 5. The number of aromatic nitrogens is 1. The summed E-state index contributed by atoms with van der Waals surface area (Å²) in [5.74, 6) is 0. The minimum Gasteiger partial charge on any atom is -0.274 e. The average Bonchev–Trinajstić information content (AvgIpc) is 2.08. The van der Waals surface area contributed by atoms with E-state index in [1.807, 2.05) is 22.6 Å². The van der Waals surface area contributed by atoms with Crippen molar-refractivity contribution >= 4 is 55.4 Å². The lowest BCUT2D eigenvalue weighted by molar-refractivity contribution is 0.106. The highest BCUT2D eigenvalue weighted by molar-refractivity contribution is 14.1. The molecule has 0 saturated carbocycles. The molecule has 1 aromatic rings. The molecular formula is C7H2BrClF2INO. The minimum absolute atomic E-state index is 0.159. The van der Waals surface area contributed by atoms with Crippen LogP contribution in [0.15, 0.2) is 10.7 Å². The van der Waals surface area contributed by atoms with Gasteiger partial charge in [-0.2, -0.15) is 0 Å². The Hall–Kier alpha value is 0.180. The Morgan fingerprint density at radius 1 is 1.64 bits per heavy atom. The molecule has 0 amide bonds. The van der Waals surface area contributed by atoms with Crippen molar-refractivity contribution in [3.63, 3.8) is 0 Å². The van der Waals surface area contributed by atoms with Gasteiger partial charge in [0.25, 0.3) is 11.7 Å². The summed E-state index contributed by atoms with van der Waals surface area (Å²) in [4.78, 5) is 14.3. The maximum atomic E-state index is 12.5. The SMILES string of the molecule is O=C(Cl)c1ncc(I)c(Br)c1C(F)F. The topological polar surface area (TPSA) is 30.0 Å². The number of alkyl halides is 2. The third-order valence-electron chi connectivity index (χ3n) is 1.41. The van der Waals surface area contributed by atoms with Crippen LogP contribution >= 0.6 is 50.1 Å². The van der Waals surface area contributed by atoms with Gasteiger partial charge in [0.05, 0.1) is 5.56 Å². The number of nitrogens with zero attached hydrogens (tertiary/aromatic N) is 1. The van der Waals surface area contributed by atoms with Crippen molar-refractivity contribution in [1.29, 1.82) is 0 Å². The van der Waals surface area contributed by atoms with Gasteiger partial charge in [0.15, 0.2) is 0 Å². The molecule has 0 saturated heterocycles. The number of hydrogen-bond donors (Lipinski definition) is 0. The van der Waals surface area contributed by atoms with Crippen molar-refractivity contribution < 1.29 is 13.6 Å². The zero-order valence-corrected chi connectivity index (χ0v) is 10.9. The number of hydrogen-bond acceptors (Lipinski definition) is 2. The molecule has 0 unspecified atom stereocenters. The Morgan fingerprint density at radius 3 is 2.64 bits per heavy atom. The number of pyridine rings is 1. The normalized spacial score (nSPS) is 10.7. The first kappa shape index (κ1) is 12.3. The maximum Gasteiger partial charge on any atom is 0.271 e. The second-order valence-corrected chi connectivity index (χ2v) is 4.56. The third-order valence-corrected chi connectivity index (χ3v) is 4.01. The summed E-state index contributed by atoms with van der Waals surface area (Å²) in [5.41, 5.74) is -0.870. The Bertz CT molecular complexity index is 388. The summed E-state index contributed by atoms with van der Waals surface area (Å²) in [7, 11) is 0. The molecule has 1 heterocycles. The van der Waals surface area contributed by atoms with Gasteiger partial charge in [-0.1, -0.05) is 0 Å². The van der Waals surface area contributed by atoms with Crippen LogP contribution in [0.3, 0.4) is 0 Å². The monoisotopic (exact) mass is 395 g/mol. The van der Waals surface area contributed by atoms with Gasteiger partial charge in [-0.15, -0.1) is 0 Å². The molecule has 14 heavy (non-hydrogen) atoms. The molecule has 7 heteroatoms. The third kappa shape index (κ3) is 2.40. The lowest BCUT2D eigenvalue weighted by atomic mass is 10.2. The van der Waals surface area contributed by atoms with Gasteiger partial charge < -0.3 is 0 Å². The first-order valence-electron chi connectivity index (χ1n) is 3.27. The van der Waals surface area contributed by atoms with E-state index in [0.717, 1.165) is 0 Å². The fraction of sp³-hybridized carbons (Fsp3) is 0.143. The van der Waals surface area contributed by atoms with Crippen LogP contribution in [0.25, 0.3) is 0 Å². The van der Waals surface area contributed by atoms with Crippen LogP contribution in [0, 0.1) is 3.57 Å². The van der Waals surface area contributed by atoms with E-state index in [4.69, 9.17) is 11.6 Å². The summed E-state index contributed by atoms with van der Waals surface area (Å²) in [6.45, 7) is 0. The van der Waals surface area contributed by atoms with Crippen LogP contribution in [0.1, 0.15) is 22.5 Å². The van der Waals surface area contributed by atoms with E-state index in [1.54, 1.807) is 0 Å². The van der Waals surface area contributed by atoms with Crippen LogP contribution in [-0.4, -0.2) is 10.2 Å². The van der Waals surface area contributed by atoms with E-state index < -0.39 is 22.9 Å². The lowest BCUT2D eigenvalue weighted by Gasteiger charge is -2.07. The quantitative estimate of drug-likeness (QED) is 0.563. The number of rotatable bonds is 2. The average molecular weight is 396 g/mol. The van der Waals surface area contributed by atoms with Crippen molar-refractivity contribution in [2.75, 3.05) is 0 Å². The van der Waals surface area contributed by atoms with Gasteiger partial charge in [-0.3, -0.25) is 9.78 Å². The Balaban J connectivity index is 3.45. The number of carbonyl (C=O) groups excluding carboxylic acids is 1. The van der Waals surface area contributed by atoms with Crippen molar-refractivity contribution in [1.82, 2.24) is 4.98 Å². The maximum absolute atomic E-state index is 12.5. The van der Waals surface area contributed by atoms with E-state index in [9.17, 15) is 13.6 Å². The molecule has 1 rings (SSSR count). The highest BCUT2D eigenvalue weighted by Crippen LogP contribution is 2.33. The van der Waals surface area contributed by atoms with E-state index in [2.05, 4.69) is 20.9 Å². The first-order chi connectivity index (χ1) is 6.45. The predicted molar refractivity (Wildman–Crippen MR) is 59.8 cm³/mol. The van der Waals surface area contributed by atoms with Crippen molar-refractivity contribution in [2.45, 2.75) is 6.43 Å². The van der Waals surface area contributed by atoms with Crippen molar-refractivity contribution in [3.05, 3.63) is 25.5 Å². The van der Waals surface area contributed by atoms with Crippen LogP contribution in [0.2, 0.25) is 0 Å². The zero-order valence-electron chi connectivity index (χ0n) is 6.40. The molecular weight excluding hydrogens is 394 g/mol. The molecule has 0 aliphatic rings. The largest absolute Gasteiger partial charge is 0.274 e. The lowest BCUT2D eigenvalue weighted by Crippen LogP contribution is -2.04. The molecule has 0 bridgehead atoms. The van der Waals surface area contributed by atoms with Gasteiger partial charge in [0.1, 0.15) is 5.69 Å². The highest BCUT2D eigenvalue weighted by Gasteiger charge is 2.23. The first-order valence-corrected chi connectivity index (χ1v) is 5.52. The van der Waals surface area contributed by atoms with Crippen molar-refractivity contribution in [2.24, 2.45) is 0 Å². The molecule has 2 nitrogen and oxygen atoms in total. The summed E-state index contributed by atoms with van der Waals surface area (Å²) < 4.78 is 25.7. The van der Waals surface area contributed by atoms with E-state index in [-0.39, 0.29) is 4.47 Å². The molecule has 0 spiro atoms. The van der Waals surface area contributed by atoms with Crippen LogP contribution in [0.5, 0.6) is 0 Å². The Morgan fingerprint density at radius 2 is 2.21 bits per heavy atom. The molecule has 0 aromatic carbocycles. The molecule has 1 aromatic heterocycles. The van der Waals surface area contributed by atoms with Gasteiger partial charge in [0.2, 0.25) is 0 Å². The Labute approximate surface area is 105 Å². The standard InChI is InChI=1S/C7H2BrClF2INO/c8-4-2(12)1-13-5(6(9)14)3(4)7(10)11/h1,7H. The van der Waals surface area contributed by atoms with Crippen LogP contribution < -0.4 is 0 Å². The molecule has 0 radical (unpaired) electrons. The number of carbonyl (C=O) groups is 1. The fourth-order valence-corrected chi connectivity index (χ4v) is 1.88. The van der Waals surface area contributed by atoms with Crippen LogP contribution in [0.4, 0.5) is 8.78 Å². The van der Waals surface area contributed by atoms with E-state index in [0.29, 0.717) is 3.57 Å².